The average Bonchev–Trinajstić information content (AvgIpc) is 3.32. The highest BCUT2D eigenvalue weighted by atomic mass is 35.5. The van der Waals surface area contributed by atoms with Crippen molar-refractivity contribution in [3.63, 3.8) is 0 Å². The zero-order chi connectivity index (χ0) is 19.5. The lowest BCUT2D eigenvalue weighted by molar-refractivity contribution is 0.0303. The van der Waals surface area contributed by atoms with Crippen molar-refractivity contribution >= 4 is 29.2 Å². The van der Waals surface area contributed by atoms with E-state index in [1.54, 1.807) is 23.1 Å². The van der Waals surface area contributed by atoms with Crippen LogP contribution in [0.25, 0.3) is 0 Å². The van der Waals surface area contributed by atoms with E-state index in [1.807, 2.05) is 0 Å². The number of rotatable bonds is 5. The lowest BCUT2D eigenvalue weighted by atomic mass is 9.86. The molecule has 2 saturated carbocycles. The maximum atomic E-state index is 12.6. The molecule has 0 radical (unpaired) electrons. The SMILES string of the molecule is O=C(NCCC1CC2CCC1C2)Nc1ccc(C(=O)N2CCOCC2)c(Cl)c1. The van der Waals surface area contributed by atoms with Gasteiger partial charge in [-0.2, -0.15) is 0 Å². The van der Waals surface area contributed by atoms with E-state index in [1.165, 1.54) is 25.7 Å². The zero-order valence-corrected chi connectivity index (χ0v) is 16.8. The second-order valence-corrected chi connectivity index (χ2v) is 8.61. The highest BCUT2D eigenvalue weighted by Gasteiger charge is 2.38. The monoisotopic (exact) mass is 405 g/mol. The number of nitrogens with one attached hydrogen (secondary N) is 2. The molecule has 2 aliphatic carbocycles. The van der Waals surface area contributed by atoms with Crippen molar-refractivity contribution in [1.82, 2.24) is 10.2 Å². The molecule has 0 aromatic heterocycles. The number of fused-ring (bicyclic) bond motifs is 2. The van der Waals surface area contributed by atoms with Crippen LogP contribution in [0, 0.1) is 17.8 Å². The van der Waals surface area contributed by atoms with Gasteiger partial charge in [0.05, 0.1) is 23.8 Å². The lowest BCUT2D eigenvalue weighted by Crippen LogP contribution is -2.40. The Morgan fingerprint density at radius 3 is 2.68 bits per heavy atom. The van der Waals surface area contributed by atoms with Crippen LogP contribution in [0.5, 0.6) is 0 Å². The van der Waals surface area contributed by atoms with Crippen LogP contribution in [-0.4, -0.2) is 49.7 Å². The second kappa shape index (κ2) is 8.70. The van der Waals surface area contributed by atoms with Crippen molar-refractivity contribution in [1.29, 1.82) is 0 Å². The highest BCUT2D eigenvalue weighted by Crippen LogP contribution is 2.49. The summed E-state index contributed by atoms with van der Waals surface area (Å²) in [6.45, 7) is 2.93. The molecule has 152 valence electrons. The van der Waals surface area contributed by atoms with Gasteiger partial charge in [0.25, 0.3) is 5.91 Å². The molecule has 2 N–H and O–H groups in total. The van der Waals surface area contributed by atoms with Crippen LogP contribution >= 0.6 is 11.6 Å². The summed E-state index contributed by atoms with van der Waals surface area (Å²) < 4.78 is 5.28. The normalized spacial score (nSPS) is 26.3. The van der Waals surface area contributed by atoms with Gasteiger partial charge in [-0.1, -0.05) is 18.0 Å². The van der Waals surface area contributed by atoms with Gasteiger partial charge in [-0.3, -0.25) is 4.79 Å². The molecule has 1 saturated heterocycles. The van der Waals surface area contributed by atoms with Crippen molar-refractivity contribution in [3.8, 4) is 0 Å². The highest BCUT2D eigenvalue weighted by molar-refractivity contribution is 6.34. The summed E-state index contributed by atoms with van der Waals surface area (Å²) in [7, 11) is 0. The third-order valence-electron chi connectivity index (χ3n) is 6.44. The molecule has 1 aliphatic heterocycles. The maximum absolute atomic E-state index is 12.6. The van der Waals surface area contributed by atoms with E-state index in [-0.39, 0.29) is 11.9 Å². The summed E-state index contributed by atoms with van der Waals surface area (Å²) in [5, 5.41) is 6.10. The first kappa shape index (κ1) is 19.5. The van der Waals surface area contributed by atoms with Gasteiger partial charge in [0, 0.05) is 25.3 Å². The fraction of sp³-hybridized carbons (Fsp3) is 0.619. The molecule has 7 heteroatoms. The van der Waals surface area contributed by atoms with E-state index < -0.39 is 0 Å². The Kier molecular flexibility index (Phi) is 6.07. The number of benzene rings is 1. The molecule has 28 heavy (non-hydrogen) atoms. The van der Waals surface area contributed by atoms with Crippen LogP contribution in [0.1, 0.15) is 42.5 Å². The number of hydrogen-bond acceptors (Lipinski definition) is 3. The van der Waals surface area contributed by atoms with Gasteiger partial charge in [0.1, 0.15) is 0 Å². The number of halogens is 1. The van der Waals surface area contributed by atoms with Crippen LogP contribution in [0.15, 0.2) is 18.2 Å². The van der Waals surface area contributed by atoms with Crippen LogP contribution in [0.3, 0.4) is 0 Å². The van der Waals surface area contributed by atoms with Gasteiger partial charge in [-0.25, -0.2) is 4.79 Å². The smallest absolute Gasteiger partial charge is 0.319 e. The molecule has 6 nitrogen and oxygen atoms in total. The van der Waals surface area contributed by atoms with E-state index in [4.69, 9.17) is 16.3 Å². The predicted octanol–water partition coefficient (Wildman–Crippen LogP) is 3.76. The van der Waals surface area contributed by atoms with Crippen LogP contribution in [0.4, 0.5) is 10.5 Å². The Morgan fingerprint density at radius 2 is 2.00 bits per heavy atom. The number of urea groups is 1. The fourth-order valence-corrected chi connectivity index (χ4v) is 5.24. The summed E-state index contributed by atoms with van der Waals surface area (Å²) in [5.41, 5.74) is 1.03. The number of nitrogens with zero attached hydrogens (tertiary/aromatic N) is 1. The Morgan fingerprint density at radius 1 is 1.18 bits per heavy atom. The molecule has 0 spiro atoms. The van der Waals surface area contributed by atoms with E-state index in [9.17, 15) is 9.59 Å². The van der Waals surface area contributed by atoms with Gasteiger partial charge in [-0.05, 0) is 61.6 Å². The molecule has 2 bridgehead atoms. The Balaban J connectivity index is 1.25. The largest absolute Gasteiger partial charge is 0.378 e. The number of amides is 3. The van der Waals surface area contributed by atoms with E-state index in [0.717, 1.165) is 24.2 Å². The Labute approximate surface area is 170 Å². The maximum Gasteiger partial charge on any atom is 0.319 e. The van der Waals surface area contributed by atoms with E-state index >= 15 is 0 Å². The minimum Gasteiger partial charge on any atom is -0.378 e. The second-order valence-electron chi connectivity index (χ2n) is 8.20. The van der Waals surface area contributed by atoms with Gasteiger partial charge in [0.2, 0.25) is 0 Å². The molecular formula is C21H28ClN3O3. The van der Waals surface area contributed by atoms with E-state index in [2.05, 4.69) is 10.6 Å². The molecule has 1 heterocycles. The minimum atomic E-state index is -0.230. The van der Waals surface area contributed by atoms with Crippen molar-refractivity contribution in [2.24, 2.45) is 17.8 Å². The number of anilines is 1. The average molecular weight is 406 g/mol. The number of morpholine rings is 1. The number of carbonyl (C=O) groups is 2. The molecule has 3 atom stereocenters. The lowest BCUT2D eigenvalue weighted by Gasteiger charge is -2.27. The molecule has 3 aliphatic rings. The summed E-state index contributed by atoms with van der Waals surface area (Å²) >= 11 is 6.30. The van der Waals surface area contributed by atoms with Crippen LogP contribution in [0.2, 0.25) is 5.02 Å². The van der Waals surface area contributed by atoms with Gasteiger partial charge >= 0.3 is 6.03 Å². The molecule has 3 amide bonds. The minimum absolute atomic E-state index is 0.102. The van der Waals surface area contributed by atoms with Gasteiger partial charge in [-0.15, -0.1) is 0 Å². The first-order valence-corrected chi connectivity index (χ1v) is 10.7. The summed E-state index contributed by atoms with van der Waals surface area (Å²) in [4.78, 5) is 26.5. The van der Waals surface area contributed by atoms with Gasteiger partial charge < -0.3 is 20.3 Å². The Hall–Kier alpha value is -1.79. The molecular weight excluding hydrogens is 378 g/mol. The third kappa shape index (κ3) is 4.44. The predicted molar refractivity (Wildman–Crippen MR) is 109 cm³/mol. The molecule has 3 fully saturated rings. The van der Waals surface area contributed by atoms with Crippen LogP contribution in [-0.2, 0) is 4.74 Å². The third-order valence-corrected chi connectivity index (χ3v) is 6.75. The van der Waals surface area contributed by atoms with Crippen molar-refractivity contribution < 1.29 is 14.3 Å². The fourth-order valence-electron chi connectivity index (χ4n) is 4.98. The number of carbonyl (C=O) groups excluding carboxylic acids is 2. The molecule has 3 unspecified atom stereocenters. The van der Waals surface area contributed by atoms with Crippen molar-refractivity contribution in [2.75, 3.05) is 38.2 Å². The first-order valence-electron chi connectivity index (χ1n) is 10.3. The van der Waals surface area contributed by atoms with Gasteiger partial charge in [0.15, 0.2) is 0 Å². The molecule has 1 aromatic rings. The summed E-state index contributed by atoms with van der Waals surface area (Å²) in [6, 6.07) is 4.79. The zero-order valence-electron chi connectivity index (χ0n) is 16.1. The quantitative estimate of drug-likeness (QED) is 0.783. The molecule has 1 aromatic carbocycles. The Bertz CT molecular complexity index is 736. The number of ether oxygens (including phenoxy) is 1. The summed E-state index contributed by atoms with van der Waals surface area (Å²) in [5.74, 6) is 2.49. The standard InChI is InChI=1S/C21H28ClN3O3/c22-19-13-17(3-4-18(19)20(26)25-7-9-28-10-8-25)24-21(27)23-6-5-16-12-14-1-2-15(16)11-14/h3-4,13-16H,1-2,5-12H2,(H2,23,24,27). The first-order chi connectivity index (χ1) is 13.6. The topological polar surface area (TPSA) is 70.7 Å². The van der Waals surface area contributed by atoms with Crippen molar-refractivity contribution in [3.05, 3.63) is 28.8 Å². The molecule has 4 rings (SSSR count). The van der Waals surface area contributed by atoms with Crippen LogP contribution < -0.4 is 10.6 Å². The summed E-state index contributed by atoms with van der Waals surface area (Å²) in [6.07, 6.45) is 6.56. The van der Waals surface area contributed by atoms with Crippen molar-refractivity contribution in [2.45, 2.75) is 32.1 Å². The number of hydrogen-bond donors (Lipinski definition) is 2. The van der Waals surface area contributed by atoms with E-state index in [0.29, 0.717) is 49.1 Å².